The summed E-state index contributed by atoms with van der Waals surface area (Å²) in [5.74, 6) is 2.24. The smallest absolute Gasteiger partial charge is 0.251 e. The molecule has 1 amide bonds. The van der Waals surface area contributed by atoms with Gasteiger partial charge in [-0.1, -0.05) is 0 Å². The predicted octanol–water partition coefficient (Wildman–Crippen LogP) is 2.65. The van der Waals surface area contributed by atoms with Gasteiger partial charge in [-0.15, -0.1) is 0 Å². The maximum Gasteiger partial charge on any atom is 0.251 e. The minimum absolute atomic E-state index is 0.221. The van der Waals surface area contributed by atoms with Gasteiger partial charge in [0.1, 0.15) is 11.5 Å². The van der Waals surface area contributed by atoms with Crippen LogP contribution in [0, 0.1) is 0 Å². The number of carbonyl (C=O) groups excluding carboxylic acids is 1. The van der Waals surface area contributed by atoms with E-state index >= 15 is 0 Å². The molecule has 0 aliphatic heterocycles. The SMILES string of the molecule is COc1ccc(OC)c(CNC(=O)c2ccc(OC)c(OC)c2)c1. The first kappa shape index (κ1) is 17.5. The predicted molar refractivity (Wildman–Crippen MR) is 90.3 cm³/mol. The molecule has 0 atom stereocenters. The van der Waals surface area contributed by atoms with E-state index in [1.54, 1.807) is 51.7 Å². The number of hydrogen-bond donors (Lipinski definition) is 1. The molecule has 0 spiro atoms. The molecule has 2 rings (SSSR count). The lowest BCUT2D eigenvalue weighted by Gasteiger charge is -2.12. The van der Waals surface area contributed by atoms with E-state index in [2.05, 4.69) is 5.32 Å². The van der Waals surface area contributed by atoms with Crippen molar-refractivity contribution in [1.29, 1.82) is 0 Å². The van der Waals surface area contributed by atoms with Crippen LogP contribution in [-0.4, -0.2) is 34.3 Å². The summed E-state index contributed by atoms with van der Waals surface area (Å²) < 4.78 is 20.9. The van der Waals surface area contributed by atoms with E-state index in [4.69, 9.17) is 18.9 Å². The van der Waals surface area contributed by atoms with Gasteiger partial charge in [-0.05, 0) is 36.4 Å². The lowest BCUT2D eigenvalue weighted by molar-refractivity contribution is 0.0950. The molecule has 2 aromatic rings. The second-order valence-electron chi connectivity index (χ2n) is 4.93. The standard InChI is InChI=1S/C18H21NO5/c1-21-14-6-8-15(22-2)13(9-14)11-19-18(20)12-5-7-16(23-3)17(10-12)24-4/h5-10H,11H2,1-4H3,(H,19,20). The summed E-state index contributed by atoms with van der Waals surface area (Å²) >= 11 is 0. The average Bonchev–Trinajstić information content (AvgIpc) is 2.64. The molecule has 0 saturated heterocycles. The first-order valence-corrected chi connectivity index (χ1v) is 7.34. The Bertz CT molecular complexity index is 715. The summed E-state index contributed by atoms with van der Waals surface area (Å²) in [7, 11) is 6.25. The maximum absolute atomic E-state index is 12.4. The van der Waals surface area contributed by atoms with Crippen LogP contribution in [0.3, 0.4) is 0 Å². The third kappa shape index (κ3) is 3.90. The highest BCUT2D eigenvalue weighted by Crippen LogP contribution is 2.28. The van der Waals surface area contributed by atoms with Crippen molar-refractivity contribution in [1.82, 2.24) is 5.32 Å². The first-order valence-electron chi connectivity index (χ1n) is 7.34. The molecule has 128 valence electrons. The molecule has 0 aliphatic rings. The summed E-state index contributed by atoms with van der Waals surface area (Å²) in [6.07, 6.45) is 0. The Balaban J connectivity index is 2.13. The number of ether oxygens (including phenoxy) is 4. The number of hydrogen-bond acceptors (Lipinski definition) is 5. The molecule has 0 fully saturated rings. The van der Waals surface area contributed by atoms with Gasteiger partial charge in [0.05, 0.1) is 28.4 Å². The fourth-order valence-electron chi connectivity index (χ4n) is 2.28. The molecule has 0 saturated carbocycles. The van der Waals surface area contributed by atoms with Crippen molar-refractivity contribution in [2.75, 3.05) is 28.4 Å². The number of methoxy groups -OCH3 is 4. The second-order valence-corrected chi connectivity index (χ2v) is 4.93. The van der Waals surface area contributed by atoms with Crippen molar-refractivity contribution in [3.05, 3.63) is 47.5 Å². The zero-order valence-electron chi connectivity index (χ0n) is 14.2. The van der Waals surface area contributed by atoms with Gasteiger partial charge >= 0.3 is 0 Å². The van der Waals surface area contributed by atoms with Gasteiger partial charge in [0.2, 0.25) is 0 Å². The van der Waals surface area contributed by atoms with Gasteiger partial charge < -0.3 is 24.3 Å². The fourth-order valence-corrected chi connectivity index (χ4v) is 2.28. The third-order valence-corrected chi connectivity index (χ3v) is 3.57. The normalized spacial score (nSPS) is 10.0. The van der Waals surface area contributed by atoms with Crippen LogP contribution in [-0.2, 0) is 6.54 Å². The number of amides is 1. The van der Waals surface area contributed by atoms with Crippen LogP contribution >= 0.6 is 0 Å². The molecule has 0 aliphatic carbocycles. The van der Waals surface area contributed by atoms with Crippen LogP contribution in [0.25, 0.3) is 0 Å². The van der Waals surface area contributed by atoms with Crippen LogP contribution in [0.15, 0.2) is 36.4 Å². The highest BCUT2D eigenvalue weighted by Gasteiger charge is 2.12. The maximum atomic E-state index is 12.4. The Morgan fingerprint density at radius 3 is 2.12 bits per heavy atom. The van der Waals surface area contributed by atoms with Crippen molar-refractivity contribution < 1.29 is 23.7 Å². The minimum Gasteiger partial charge on any atom is -0.497 e. The van der Waals surface area contributed by atoms with Gasteiger partial charge in [0, 0.05) is 17.7 Å². The highest BCUT2D eigenvalue weighted by molar-refractivity contribution is 5.94. The Labute approximate surface area is 141 Å². The second kappa shape index (κ2) is 8.10. The van der Waals surface area contributed by atoms with Gasteiger partial charge in [0.25, 0.3) is 5.91 Å². The Morgan fingerprint density at radius 2 is 1.50 bits per heavy atom. The van der Waals surface area contributed by atoms with Crippen LogP contribution in [0.2, 0.25) is 0 Å². The van der Waals surface area contributed by atoms with Crippen molar-refractivity contribution in [3.8, 4) is 23.0 Å². The zero-order chi connectivity index (χ0) is 17.5. The summed E-state index contributed by atoms with van der Waals surface area (Å²) in [5, 5.41) is 2.86. The van der Waals surface area contributed by atoms with E-state index in [9.17, 15) is 4.79 Å². The molecule has 24 heavy (non-hydrogen) atoms. The molecule has 0 radical (unpaired) electrons. The van der Waals surface area contributed by atoms with Crippen LogP contribution in [0.4, 0.5) is 0 Å². The zero-order valence-corrected chi connectivity index (χ0v) is 14.2. The van der Waals surface area contributed by atoms with E-state index < -0.39 is 0 Å². The molecule has 6 heteroatoms. The van der Waals surface area contributed by atoms with Crippen molar-refractivity contribution >= 4 is 5.91 Å². The van der Waals surface area contributed by atoms with Crippen molar-refractivity contribution in [3.63, 3.8) is 0 Å². The van der Waals surface area contributed by atoms with E-state index in [1.807, 2.05) is 6.07 Å². The Kier molecular flexibility index (Phi) is 5.89. The Morgan fingerprint density at radius 1 is 0.833 bits per heavy atom. The molecule has 6 nitrogen and oxygen atoms in total. The van der Waals surface area contributed by atoms with E-state index in [-0.39, 0.29) is 5.91 Å². The highest BCUT2D eigenvalue weighted by atomic mass is 16.5. The number of rotatable bonds is 7. The van der Waals surface area contributed by atoms with Crippen LogP contribution in [0.1, 0.15) is 15.9 Å². The summed E-state index contributed by atoms with van der Waals surface area (Å²) in [5.41, 5.74) is 1.31. The van der Waals surface area contributed by atoms with Crippen LogP contribution in [0.5, 0.6) is 23.0 Å². The quantitative estimate of drug-likeness (QED) is 0.845. The van der Waals surface area contributed by atoms with Gasteiger partial charge in [-0.3, -0.25) is 4.79 Å². The third-order valence-electron chi connectivity index (χ3n) is 3.57. The number of carbonyl (C=O) groups is 1. The number of benzene rings is 2. The lowest BCUT2D eigenvalue weighted by Crippen LogP contribution is -2.23. The summed E-state index contributed by atoms with van der Waals surface area (Å²) in [4.78, 5) is 12.4. The van der Waals surface area contributed by atoms with E-state index in [1.165, 1.54) is 7.11 Å². The monoisotopic (exact) mass is 331 g/mol. The summed E-state index contributed by atoms with van der Waals surface area (Å²) in [6, 6.07) is 10.4. The lowest BCUT2D eigenvalue weighted by atomic mass is 10.1. The molecule has 0 heterocycles. The number of nitrogens with one attached hydrogen (secondary N) is 1. The Hall–Kier alpha value is -2.89. The molecule has 1 N–H and O–H groups in total. The van der Waals surface area contributed by atoms with E-state index in [0.29, 0.717) is 35.1 Å². The summed E-state index contributed by atoms with van der Waals surface area (Å²) in [6.45, 7) is 0.313. The largest absolute Gasteiger partial charge is 0.497 e. The van der Waals surface area contributed by atoms with Gasteiger partial charge in [-0.25, -0.2) is 0 Å². The molecular formula is C18H21NO5. The molecular weight excluding hydrogens is 310 g/mol. The molecule has 0 unspecified atom stereocenters. The minimum atomic E-state index is -0.221. The molecule has 0 bridgehead atoms. The van der Waals surface area contributed by atoms with E-state index in [0.717, 1.165) is 5.56 Å². The van der Waals surface area contributed by atoms with Gasteiger partial charge in [-0.2, -0.15) is 0 Å². The van der Waals surface area contributed by atoms with Crippen LogP contribution < -0.4 is 24.3 Å². The van der Waals surface area contributed by atoms with Crippen molar-refractivity contribution in [2.45, 2.75) is 6.54 Å². The molecule has 0 aromatic heterocycles. The van der Waals surface area contributed by atoms with Crippen molar-refractivity contribution in [2.24, 2.45) is 0 Å². The fraction of sp³-hybridized carbons (Fsp3) is 0.278. The topological polar surface area (TPSA) is 66.0 Å². The molecule has 2 aromatic carbocycles. The average molecular weight is 331 g/mol. The first-order chi connectivity index (χ1) is 11.6. The van der Waals surface area contributed by atoms with Gasteiger partial charge in [0.15, 0.2) is 11.5 Å².